The summed E-state index contributed by atoms with van der Waals surface area (Å²) in [4.78, 5) is 40.1. The molecule has 31 heavy (non-hydrogen) atoms. The second-order valence-electron chi connectivity index (χ2n) is 8.84. The van der Waals surface area contributed by atoms with E-state index in [9.17, 15) is 14.4 Å². The first kappa shape index (κ1) is 21.1. The molecule has 2 heterocycles. The zero-order valence-corrected chi connectivity index (χ0v) is 18.3. The quantitative estimate of drug-likeness (QED) is 0.769. The Labute approximate surface area is 182 Å². The summed E-state index contributed by atoms with van der Waals surface area (Å²) in [5, 5.41) is 10.3. The van der Waals surface area contributed by atoms with Gasteiger partial charge in [0.05, 0.1) is 6.54 Å². The summed E-state index contributed by atoms with van der Waals surface area (Å²) in [6.45, 7) is 4.32. The lowest BCUT2D eigenvalue weighted by Crippen LogP contribution is -2.63. The van der Waals surface area contributed by atoms with Crippen LogP contribution in [0.3, 0.4) is 0 Å². The lowest BCUT2D eigenvalue weighted by atomic mass is 9.95. The maximum Gasteiger partial charge on any atom is 0.272 e. The van der Waals surface area contributed by atoms with Gasteiger partial charge in [0.2, 0.25) is 5.91 Å². The average Bonchev–Trinajstić information content (AvgIpc) is 3.40. The molecule has 0 radical (unpaired) electrons. The molecule has 1 fully saturated rings. The number of aryl methyl sites for hydroxylation is 1. The van der Waals surface area contributed by atoms with Crippen molar-refractivity contribution in [3.63, 3.8) is 0 Å². The maximum atomic E-state index is 13.0. The van der Waals surface area contributed by atoms with Gasteiger partial charge in [0.15, 0.2) is 5.69 Å². The molecule has 0 spiro atoms. The van der Waals surface area contributed by atoms with E-state index in [2.05, 4.69) is 15.7 Å². The maximum absolute atomic E-state index is 13.0. The van der Waals surface area contributed by atoms with Gasteiger partial charge in [-0.1, -0.05) is 42.7 Å². The molecule has 1 aliphatic carbocycles. The number of amides is 3. The van der Waals surface area contributed by atoms with Gasteiger partial charge in [-0.25, -0.2) is 0 Å². The Morgan fingerprint density at radius 2 is 1.97 bits per heavy atom. The van der Waals surface area contributed by atoms with Crippen LogP contribution in [0.25, 0.3) is 0 Å². The van der Waals surface area contributed by atoms with Crippen LogP contribution in [0, 0.1) is 6.92 Å². The van der Waals surface area contributed by atoms with Crippen molar-refractivity contribution in [1.82, 2.24) is 25.3 Å². The van der Waals surface area contributed by atoms with Crippen molar-refractivity contribution in [3.05, 3.63) is 52.8 Å². The molecule has 4 rings (SSSR count). The van der Waals surface area contributed by atoms with Crippen molar-refractivity contribution in [3.8, 4) is 0 Å². The predicted molar refractivity (Wildman–Crippen MR) is 115 cm³/mol. The summed E-state index contributed by atoms with van der Waals surface area (Å²) in [5.41, 5.74) is 1.53. The molecular formula is C23H29N5O3. The third-order valence-electron chi connectivity index (χ3n) is 6.45. The summed E-state index contributed by atoms with van der Waals surface area (Å²) < 4.78 is 1.48. The predicted octanol–water partition coefficient (Wildman–Crippen LogP) is 2.02. The molecule has 1 aromatic carbocycles. The van der Waals surface area contributed by atoms with Gasteiger partial charge in [-0.3, -0.25) is 19.1 Å². The van der Waals surface area contributed by atoms with E-state index in [1.807, 2.05) is 31.2 Å². The minimum Gasteiger partial charge on any atom is -0.351 e. The number of fused-ring (bicyclic) bond motifs is 1. The van der Waals surface area contributed by atoms with Crippen LogP contribution in [0.5, 0.6) is 0 Å². The van der Waals surface area contributed by atoms with E-state index in [0.29, 0.717) is 12.2 Å². The monoisotopic (exact) mass is 423 g/mol. The fraction of sp³-hybridized carbons (Fsp3) is 0.478. The van der Waals surface area contributed by atoms with Crippen LogP contribution in [0.4, 0.5) is 0 Å². The van der Waals surface area contributed by atoms with Crippen molar-refractivity contribution in [2.24, 2.45) is 0 Å². The van der Waals surface area contributed by atoms with Gasteiger partial charge in [0.1, 0.15) is 11.2 Å². The zero-order chi connectivity index (χ0) is 22.2. The summed E-state index contributed by atoms with van der Waals surface area (Å²) in [6.07, 6.45) is 4.16. The number of rotatable bonds is 5. The highest BCUT2D eigenvalue weighted by molar-refractivity contribution is 6.01. The molecule has 1 saturated carbocycles. The molecule has 8 heteroatoms. The van der Waals surface area contributed by atoms with Crippen LogP contribution in [0.15, 0.2) is 30.3 Å². The molecule has 1 aliphatic heterocycles. The Kier molecular flexibility index (Phi) is 5.56. The minimum atomic E-state index is -1.06. The first-order valence-corrected chi connectivity index (χ1v) is 10.8. The average molecular weight is 424 g/mol. The Hall–Kier alpha value is -3.16. The van der Waals surface area contributed by atoms with Gasteiger partial charge in [0, 0.05) is 25.7 Å². The molecule has 3 amide bonds. The van der Waals surface area contributed by atoms with Crippen molar-refractivity contribution < 1.29 is 14.4 Å². The number of nitrogens with one attached hydrogen (secondary N) is 2. The molecule has 2 aromatic rings. The SMILES string of the molecule is Cc1cccc(CNC(=O)c2cc3n(n2)C[C@@](C)(C(=O)NC2CCCC2)N(C)C3=O)c1. The van der Waals surface area contributed by atoms with Gasteiger partial charge in [-0.05, 0) is 32.3 Å². The molecule has 164 valence electrons. The number of nitrogens with zero attached hydrogens (tertiary/aromatic N) is 3. The van der Waals surface area contributed by atoms with Gasteiger partial charge in [0.25, 0.3) is 11.8 Å². The third kappa shape index (κ3) is 4.06. The highest BCUT2D eigenvalue weighted by Crippen LogP contribution is 2.27. The Morgan fingerprint density at radius 3 is 2.68 bits per heavy atom. The number of carbonyl (C=O) groups excluding carboxylic acids is 3. The van der Waals surface area contributed by atoms with Crippen molar-refractivity contribution in [2.45, 2.75) is 64.2 Å². The highest BCUT2D eigenvalue weighted by Gasteiger charge is 2.46. The lowest BCUT2D eigenvalue weighted by molar-refractivity contribution is -0.133. The number of carbonyl (C=O) groups is 3. The Morgan fingerprint density at radius 1 is 1.23 bits per heavy atom. The summed E-state index contributed by atoms with van der Waals surface area (Å²) >= 11 is 0. The molecule has 0 unspecified atom stereocenters. The fourth-order valence-corrected chi connectivity index (χ4v) is 4.34. The van der Waals surface area contributed by atoms with Crippen LogP contribution in [-0.4, -0.2) is 51.0 Å². The van der Waals surface area contributed by atoms with E-state index in [1.54, 1.807) is 14.0 Å². The van der Waals surface area contributed by atoms with Crippen molar-refractivity contribution >= 4 is 17.7 Å². The van der Waals surface area contributed by atoms with E-state index >= 15 is 0 Å². The number of aromatic nitrogens is 2. The molecule has 0 bridgehead atoms. The van der Waals surface area contributed by atoms with Gasteiger partial charge < -0.3 is 15.5 Å². The van der Waals surface area contributed by atoms with Gasteiger partial charge in [-0.2, -0.15) is 5.10 Å². The summed E-state index contributed by atoms with van der Waals surface area (Å²) in [5.74, 6) is -0.849. The van der Waals surface area contributed by atoms with E-state index in [4.69, 9.17) is 0 Å². The van der Waals surface area contributed by atoms with Gasteiger partial charge >= 0.3 is 0 Å². The molecule has 1 atom stereocenters. The number of likely N-dealkylation sites (N-methyl/N-ethyl adjacent to an activating group) is 1. The molecule has 2 aliphatic rings. The normalized spacial score (nSPS) is 21.1. The Bertz CT molecular complexity index is 1020. The van der Waals surface area contributed by atoms with Crippen molar-refractivity contribution in [1.29, 1.82) is 0 Å². The van der Waals surface area contributed by atoms with Crippen LogP contribution in [-0.2, 0) is 17.9 Å². The molecular weight excluding hydrogens is 394 g/mol. The topological polar surface area (TPSA) is 96.3 Å². The van der Waals surface area contributed by atoms with E-state index in [-0.39, 0.29) is 36.0 Å². The standard InChI is InChI=1S/C23H29N5O3/c1-15-7-6-8-16(11-15)13-24-20(29)18-12-19-21(30)27(3)23(2,14-28(19)26-18)22(31)25-17-9-4-5-10-17/h6-8,11-12,17H,4-5,9-10,13-14H2,1-3H3,(H,24,29)(H,25,31)/t23-/m0/s1. The molecule has 0 saturated heterocycles. The summed E-state index contributed by atoms with van der Waals surface area (Å²) in [7, 11) is 1.63. The highest BCUT2D eigenvalue weighted by atomic mass is 16.2. The van der Waals surface area contributed by atoms with Crippen LogP contribution in [0.1, 0.15) is 64.7 Å². The fourth-order valence-electron chi connectivity index (χ4n) is 4.34. The molecule has 8 nitrogen and oxygen atoms in total. The van der Waals surface area contributed by atoms with E-state index in [0.717, 1.165) is 36.8 Å². The lowest BCUT2D eigenvalue weighted by Gasteiger charge is -2.41. The second kappa shape index (κ2) is 8.17. The zero-order valence-electron chi connectivity index (χ0n) is 18.3. The van der Waals surface area contributed by atoms with Crippen LogP contribution >= 0.6 is 0 Å². The number of benzene rings is 1. The first-order valence-electron chi connectivity index (χ1n) is 10.8. The van der Waals surface area contributed by atoms with E-state index in [1.165, 1.54) is 15.6 Å². The largest absolute Gasteiger partial charge is 0.351 e. The van der Waals surface area contributed by atoms with Crippen LogP contribution in [0.2, 0.25) is 0 Å². The van der Waals surface area contributed by atoms with Crippen LogP contribution < -0.4 is 10.6 Å². The smallest absolute Gasteiger partial charge is 0.272 e. The second-order valence-corrected chi connectivity index (χ2v) is 8.84. The first-order chi connectivity index (χ1) is 14.8. The molecule has 2 N–H and O–H groups in total. The van der Waals surface area contributed by atoms with Gasteiger partial charge in [-0.15, -0.1) is 0 Å². The van der Waals surface area contributed by atoms with E-state index < -0.39 is 5.54 Å². The number of hydrogen-bond acceptors (Lipinski definition) is 4. The summed E-state index contributed by atoms with van der Waals surface area (Å²) in [6, 6.07) is 9.55. The number of hydrogen-bond donors (Lipinski definition) is 2. The third-order valence-corrected chi connectivity index (χ3v) is 6.45. The molecule has 1 aromatic heterocycles. The Balaban J connectivity index is 1.49. The minimum absolute atomic E-state index is 0.162. The van der Waals surface area contributed by atoms with Crippen molar-refractivity contribution in [2.75, 3.05) is 7.05 Å².